The summed E-state index contributed by atoms with van der Waals surface area (Å²) in [4.78, 5) is 38.8. The van der Waals surface area contributed by atoms with Crippen LogP contribution in [0.15, 0.2) is 35.2 Å². The molecule has 2 aliphatic heterocycles. The molecule has 210 valence electrons. The minimum atomic E-state index is -3.91. The molecule has 6 rings (SSSR count). The van der Waals surface area contributed by atoms with E-state index in [0.717, 1.165) is 17.7 Å². The van der Waals surface area contributed by atoms with Crippen molar-refractivity contribution in [1.29, 1.82) is 0 Å². The van der Waals surface area contributed by atoms with E-state index in [4.69, 9.17) is 0 Å². The molecule has 0 spiro atoms. The normalized spacial score (nSPS) is 19.9. The largest absolute Gasteiger partial charge is 0.383 e. The predicted octanol–water partition coefficient (Wildman–Crippen LogP) is 3.02. The van der Waals surface area contributed by atoms with Crippen LogP contribution in [0.4, 0.5) is 16.8 Å². The van der Waals surface area contributed by atoms with E-state index in [1.807, 2.05) is 19.9 Å². The summed E-state index contributed by atoms with van der Waals surface area (Å²) in [5.41, 5.74) is 2.30. The lowest BCUT2D eigenvalue weighted by Gasteiger charge is -2.24. The van der Waals surface area contributed by atoms with Crippen LogP contribution in [0.2, 0.25) is 0 Å². The zero-order chi connectivity index (χ0) is 28.3. The molecule has 40 heavy (non-hydrogen) atoms. The van der Waals surface area contributed by atoms with Crippen molar-refractivity contribution in [3.05, 3.63) is 47.2 Å². The van der Waals surface area contributed by atoms with Crippen LogP contribution in [0, 0.1) is 12.8 Å². The maximum atomic E-state index is 13.4. The Morgan fingerprint density at radius 1 is 1.15 bits per heavy atom. The van der Waals surface area contributed by atoms with Gasteiger partial charge in [0.05, 0.1) is 21.0 Å². The molecule has 1 saturated heterocycles. The Labute approximate surface area is 236 Å². The third kappa shape index (κ3) is 4.66. The first-order chi connectivity index (χ1) is 19.1. The number of aliphatic hydroxyl groups is 1. The molecule has 1 aromatic carbocycles. The topological polar surface area (TPSA) is 145 Å². The molecule has 3 aliphatic rings. The second kappa shape index (κ2) is 9.91. The number of hydrogen-bond donors (Lipinski definition) is 3. The number of aromatic nitrogens is 2. The number of thiazole rings is 1. The molecule has 0 unspecified atom stereocenters. The van der Waals surface area contributed by atoms with E-state index in [1.54, 1.807) is 29.2 Å². The van der Waals surface area contributed by atoms with Crippen LogP contribution in [-0.4, -0.2) is 65.9 Å². The number of nitrogens with zero attached hydrogens (tertiary/aromatic N) is 4. The first-order valence-electron chi connectivity index (χ1n) is 13.2. The van der Waals surface area contributed by atoms with Gasteiger partial charge in [0, 0.05) is 25.6 Å². The van der Waals surface area contributed by atoms with Gasteiger partial charge in [-0.2, -0.15) is 0 Å². The molecule has 11 nitrogen and oxygen atoms in total. The van der Waals surface area contributed by atoms with Gasteiger partial charge in [0.2, 0.25) is 10.0 Å². The number of hydrogen-bond acceptors (Lipinski definition) is 9. The van der Waals surface area contributed by atoms with Gasteiger partial charge in [0.25, 0.3) is 11.8 Å². The minimum Gasteiger partial charge on any atom is -0.383 e. The van der Waals surface area contributed by atoms with Gasteiger partial charge in [0.15, 0.2) is 5.13 Å². The third-order valence-electron chi connectivity index (χ3n) is 7.84. The number of carbonyl (C=O) groups excluding carboxylic acids is 2. The molecule has 3 aromatic rings. The summed E-state index contributed by atoms with van der Waals surface area (Å²) in [5, 5.41) is 13.5. The molecule has 0 bridgehead atoms. The summed E-state index contributed by atoms with van der Waals surface area (Å²) < 4.78 is 28.5. The summed E-state index contributed by atoms with van der Waals surface area (Å²) in [5.74, 6) is 0.766. The van der Waals surface area contributed by atoms with Gasteiger partial charge in [-0.3, -0.25) is 14.5 Å². The fourth-order valence-electron chi connectivity index (χ4n) is 5.42. The first-order valence-corrected chi connectivity index (χ1v) is 15.5. The number of benzene rings is 1. The number of aryl methyl sites for hydroxylation is 1. The van der Waals surface area contributed by atoms with Crippen LogP contribution in [0.5, 0.6) is 0 Å². The van der Waals surface area contributed by atoms with Crippen molar-refractivity contribution in [2.24, 2.45) is 5.92 Å². The second-order valence-corrected chi connectivity index (χ2v) is 13.3. The molecule has 1 aliphatic carbocycles. The Hall–Kier alpha value is -3.39. The van der Waals surface area contributed by atoms with Gasteiger partial charge in [-0.25, -0.2) is 23.1 Å². The van der Waals surface area contributed by atoms with Crippen molar-refractivity contribution in [2.75, 3.05) is 23.8 Å². The molecule has 13 heteroatoms. The minimum absolute atomic E-state index is 0.0212. The average Bonchev–Trinajstić information content (AvgIpc) is 3.55. The summed E-state index contributed by atoms with van der Waals surface area (Å²) in [6.07, 6.45) is 1.52. The standard InChI is InChI=1S/C27H30N6O5S2/c1-14-24(39-27(29-14)31-21-5-4-6-22(30-21)32-10-9-19(34)25(32)35)17-11-18-13-33(15(2)16-7-8-16)26(36)23(18)20(12-17)40(37,38)28-3/h4-6,11-12,15-16,19,28,34H,7-10,13H2,1-3H3,(H,29,30,31)/t15-,19+/m0/s1. The summed E-state index contributed by atoms with van der Waals surface area (Å²) in [7, 11) is -2.56. The number of pyridine rings is 1. The van der Waals surface area contributed by atoms with Gasteiger partial charge < -0.3 is 15.3 Å². The van der Waals surface area contributed by atoms with Crippen LogP contribution in [0.25, 0.3) is 10.4 Å². The SMILES string of the molecule is CNS(=O)(=O)c1cc(-c2sc(Nc3cccc(N4CC[C@@H](O)C4=O)n3)nc2C)cc2c1C(=O)N([C@@H](C)C1CC1)C2. The van der Waals surface area contributed by atoms with E-state index in [-0.39, 0.29) is 28.3 Å². The molecular formula is C27H30N6O5S2. The maximum Gasteiger partial charge on any atom is 0.257 e. The summed E-state index contributed by atoms with van der Waals surface area (Å²) in [6.45, 7) is 4.64. The molecular weight excluding hydrogens is 552 g/mol. The molecule has 1 saturated carbocycles. The van der Waals surface area contributed by atoms with Gasteiger partial charge >= 0.3 is 0 Å². The predicted molar refractivity (Wildman–Crippen MR) is 151 cm³/mol. The highest BCUT2D eigenvalue weighted by molar-refractivity contribution is 7.89. The zero-order valence-electron chi connectivity index (χ0n) is 22.3. The lowest BCUT2D eigenvalue weighted by Crippen LogP contribution is -2.35. The Morgan fingerprint density at radius 3 is 2.60 bits per heavy atom. The van der Waals surface area contributed by atoms with Gasteiger partial charge in [-0.15, -0.1) is 0 Å². The highest BCUT2D eigenvalue weighted by Gasteiger charge is 2.41. The van der Waals surface area contributed by atoms with Crippen LogP contribution in [0.3, 0.4) is 0 Å². The van der Waals surface area contributed by atoms with Crippen LogP contribution < -0.4 is 14.9 Å². The van der Waals surface area contributed by atoms with Crippen LogP contribution >= 0.6 is 11.3 Å². The van der Waals surface area contributed by atoms with Crippen molar-refractivity contribution < 1.29 is 23.1 Å². The van der Waals surface area contributed by atoms with Crippen molar-refractivity contribution in [3.8, 4) is 10.4 Å². The van der Waals surface area contributed by atoms with E-state index < -0.39 is 16.1 Å². The number of anilines is 3. The van der Waals surface area contributed by atoms with Crippen LogP contribution in [0.1, 0.15) is 47.8 Å². The Kier molecular flexibility index (Phi) is 6.64. The molecule has 3 N–H and O–H groups in total. The maximum absolute atomic E-state index is 13.4. The number of rotatable bonds is 8. The van der Waals surface area contributed by atoms with E-state index in [9.17, 15) is 23.1 Å². The number of carbonyl (C=O) groups is 2. The highest BCUT2D eigenvalue weighted by Crippen LogP contribution is 2.42. The Balaban J connectivity index is 1.33. The van der Waals surface area contributed by atoms with Crippen LogP contribution in [-0.2, 0) is 21.4 Å². The fraction of sp³-hybridized carbons (Fsp3) is 0.407. The number of aliphatic hydroxyl groups excluding tert-OH is 1. The molecule has 4 heterocycles. The number of fused-ring (bicyclic) bond motifs is 1. The smallest absolute Gasteiger partial charge is 0.257 e. The van der Waals surface area contributed by atoms with E-state index in [1.165, 1.54) is 23.3 Å². The Bertz CT molecular complexity index is 1630. The van der Waals surface area contributed by atoms with Crippen molar-refractivity contribution in [2.45, 2.75) is 56.7 Å². The van der Waals surface area contributed by atoms with Crippen molar-refractivity contribution in [1.82, 2.24) is 19.6 Å². The molecule has 2 aromatic heterocycles. The first kappa shape index (κ1) is 26.8. The molecule has 0 radical (unpaired) electrons. The van der Waals surface area contributed by atoms with E-state index in [2.05, 4.69) is 20.0 Å². The highest BCUT2D eigenvalue weighted by atomic mass is 32.2. The van der Waals surface area contributed by atoms with Gasteiger partial charge in [-0.05, 0) is 75.0 Å². The number of amides is 2. The second-order valence-electron chi connectivity index (χ2n) is 10.5. The number of nitrogens with one attached hydrogen (secondary N) is 2. The van der Waals surface area contributed by atoms with Crippen molar-refractivity contribution >= 4 is 49.9 Å². The van der Waals surface area contributed by atoms with E-state index >= 15 is 0 Å². The molecule has 2 fully saturated rings. The lowest BCUT2D eigenvalue weighted by molar-refractivity contribution is -0.124. The number of sulfonamides is 1. The average molecular weight is 583 g/mol. The van der Waals surface area contributed by atoms with Gasteiger partial charge in [-0.1, -0.05) is 17.4 Å². The van der Waals surface area contributed by atoms with Crippen molar-refractivity contribution in [3.63, 3.8) is 0 Å². The Morgan fingerprint density at radius 2 is 1.93 bits per heavy atom. The lowest BCUT2D eigenvalue weighted by atomic mass is 10.0. The third-order valence-corrected chi connectivity index (χ3v) is 10.4. The quantitative estimate of drug-likeness (QED) is 0.368. The zero-order valence-corrected chi connectivity index (χ0v) is 24.0. The molecule has 2 atom stereocenters. The summed E-state index contributed by atoms with van der Waals surface area (Å²) in [6, 6.07) is 8.74. The monoisotopic (exact) mass is 582 g/mol. The van der Waals surface area contributed by atoms with E-state index in [0.29, 0.717) is 59.0 Å². The van der Waals surface area contributed by atoms with Gasteiger partial charge in [0.1, 0.15) is 17.7 Å². The molecule has 2 amide bonds. The fourth-order valence-corrected chi connectivity index (χ4v) is 7.37. The summed E-state index contributed by atoms with van der Waals surface area (Å²) >= 11 is 1.35.